The van der Waals surface area contributed by atoms with E-state index in [1.807, 2.05) is 25.1 Å². The minimum atomic E-state index is -0.943. The molecular weight excluding hydrogens is 466 g/mol. The maximum absolute atomic E-state index is 13.7. The van der Waals surface area contributed by atoms with E-state index in [4.69, 9.17) is 16.0 Å². The minimum Gasteiger partial charge on any atom is -0.459 e. The Morgan fingerprint density at radius 3 is 2.40 bits per heavy atom. The first kappa shape index (κ1) is 24.5. The van der Waals surface area contributed by atoms with E-state index >= 15 is 0 Å². The molecular formula is C27H28ClN3O4. The van der Waals surface area contributed by atoms with Crippen LogP contribution in [0.5, 0.6) is 0 Å². The summed E-state index contributed by atoms with van der Waals surface area (Å²) < 4.78 is 5.12. The molecule has 1 aromatic heterocycles. The van der Waals surface area contributed by atoms with E-state index in [-0.39, 0.29) is 24.3 Å². The number of anilines is 1. The summed E-state index contributed by atoms with van der Waals surface area (Å²) in [5.74, 6) is -1.10. The van der Waals surface area contributed by atoms with Gasteiger partial charge in [-0.05, 0) is 61.2 Å². The van der Waals surface area contributed by atoms with Crippen molar-refractivity contribution in [1.82, 2.24) is 10.6 Å². The molecule has 1 aliphatic rings. The number of amides is 3. The van der Waals surface area contributed by atoms with Crippen molar-refractivity contribution in [3.05, 3.63) is 88.8 Å². The third-order valence-corrected chi connectivity index (χ3v) is 6.43. The Morgan fingerprint density at radius 1 is 1.03 bits per heavy atom. The van der Waals surface area contributed by atoms with Crippen LogP contribution in [-0.2, 0) is 9.59 Å². The predicted molar refractivity (Wildman–Crippen MR) is 134 cm³/mol. The highest BCUT2D eigenvalue weighted by atomic mass is 35.5. The van der Waals surface area contributed by atoms with Crippen molar-refractivity contribution >= 4 is 35.0 Å². The smallest absolute Gasteiger partial charge is 0.287 e. The molecule has 4 rings (SSSR count). The van der Waals surface area contributed by atoms with Crippen LogP contribution in [0.25, 0.3) is 0 Å². The molecule has 3 amide bonds. The largest absolute Gasteiger partial charge is 0.459 e. The molecule has 1 saturated carbocycles. The van der Waals surface area contributed by atoms with Crippen molar-refractivity contribution in [3.8, 4) is 0 Å². The van der Waals surface area contributed by atoms with Crippen LogP contribution in [0.3, 0.4) is 0 Å². The normalized spacial score (nSPS) is 14.3. The second-order valence-electron chi connectivity index (χ2n) is 8.65. The summed E-state index contributed by atoms with van der Waals surface area (Å²) in [6, 6.07) is 16.5. The number of carbonyl (C=O) groups is 3. The van der Waals surface area contributed by atoms with Crippen molar-refractivity contribution < 1.29 is 18.8 Å². The summed E-state index contributed by atoms with van der Waals surface area (Å²) in [4.78, 5) is 41.2. The van der Waals surface area contributed by atoms with Gasteiger partial charge in [-0.2, -0.15) is 0 Å². The predicted octanol–water partition coefficient (Wildman–Crippen LogP) is 4.80. The van der Waals surface area contributed by atoms with Gasteiger partial charge in [0.15, 0.2) is 5.76 Å². The second kappa shape index (κ2) is 11.2. The Bertz CT molecular complexity index is 1170. The quantitative estimate of drug-likeness (QED) is 0.471. The zero-order chi connectivity index (χ0) is 24.8. The molecule has 2 N–H and O–H groups in total. The summed E-state index contributed by atoms with van der Waals surface area (Å²) in [5, 5.41) is 6.27. The van der Waals surface area contributed by atoms with Gasteiger partial charge in [-0.1, -0.05) is 54.8 Å². The van der Waals surface area contributed by atoms with Gasteiger partial charge in [-0.15, -0.1) is 0 Å². The first-order valence-electron chi connectivity index (χ1n) is 11.7. The van der Waals surface area contributed by atoms with Crippen LogP contribution in [0.2, 0.25) is 5.02 Å². The molecule has 0 radical (unpaired) electrons. The Morgan fingerprint density at radius 2 is 1.74 bits per heavy atom. The molecule has 7 nitrogen and oxygen atoms in total. The number of para-hydroxylation sites is 1. The first-order chi connectivity index (χ1) is 16.9. The number of nitrogens with one attached hydrogen (secondary N) is 2. The van der Waals surface area contributed by atoms with Gasteiger partial charge in [0.25, 0.3) is 5.91 Å². The first-order valence-corrected chi connectivity index (χ1v) is 12.1. The van der Waals surface area contributed by atoms with Gasteiger partial charge < -0.3 is 15.1 Å². The van der Waals surface area contributed by atoms with Crippen molar-refractivity contribution in [2.45, 2.75) is 44.7 Å². The van der Waals surface area contributed by atoms with Gasteiger partial charge in [0.1, 0.15) is 6.04 Å². The number of hydrogen-bond acceptors (Lipinski definition) is 4. The molecule has 182 valence electrons. The van der Waals surface area contributed by atoms with Crippen LogP contribution in [0.1, 0.15) is 53.4 Å². The fourth-order valence-electron chi connectivity index (χ4n) is 4.40. The molecule has 0 bridgehead atoms. The van der Waals surface area contributed by atoms with Crippen molar-refractivity contribution in [2.24, 2.45) is 0 Å². The van der Waals surface area contributed by atoms with E-state index in [1.54, 1.807) is 36.4 Å². The van der Waals surface area contributed by atoms with Crippen LogP contribution >= 0.6 is 11.6 Å². The number of halogens is 1. The Hall–Kier alpha value is -3.58. The molecule has 1 heterocycles. The highest BCUT2D eigenvalue weighted by Gasteiger charge is 2.35. The number of benzene rings is 2. The van der Waals surface area contributed by atoms with Crippen molar-refractivity contribution in [3.63, 3.8) is 0 Å². The third kappa shape index (κ3) is 5.92. The number of carbonyl (C=O) groups excluding carboxylic acids is 3. The van der Waals surface area contributed by atoms with Crippen LogP contribution in [-0.4, -0.2) is 30.3 Å². The summed E-state index contributed by atoms with van der Waals surface area (Å²) in [7, 11) is 0. The fourth-order valence-corrected chi connectivity index (χ4v) is 4.53. The molecule has 1 aliphatic carbocycles. The summed E-state index contributed by atoms with van der Waals surface area (Å²) in [5.41, 5.74) is 2.04. The molecule has 3 aromatic rings. The highest BCUT2D eigenvalue weighted by molar-refractivity contribution is 6.30. The molecule has 1 fully saturated rings. The zero-order valence-electron chi connectivity index (χ0n) is 19.5. The molecule has 0 saturated heterocycles. The van der Waals surface area contributed by atoms with Crippen LogP contribution < -0.4 is 15.5 Å². The maximum Gasteiger partial charge on any atom is 0.287 e. The summed E-state index contributed by atoms with van der Waals surface area (Å²) in [6.07, 6.45) is 5.35. The van der Waals surface area contributed by atoms with Gasteiger partial charge in [-0.25, -0.2) is 0 Å². The standard InChI is InChI=1S/C27H28ClN3O4/c1-18-7-2-5-10-22(18)31(24(32)17-29-26(33)23-11-6-16-35-23)25(19-12-14-20(28)15-13-19)27(34)30-21-8-3-4-9-21/h2,5-7,10-16,21,25H,3-4,8-9,17H2,1H3,(H,29,33)(H,30,34). The number of rotatable bonds is 8. The van der Waals surface area contributed by atoms with E-state index in [9.17, 15) is 14.4 Å². The van der Waals surface area contributed by atoms with Gasteiger partial charge in [0.05, 0.1) is 12.8 Å². The average Bonchev–Trinajstić information content (AvgIpc) is 3.57. The highest BCUT2D eigenvalue weighted by Crippen LogP contribution is 2.32. The molecule has 8 heteroatoms. The molecule has 35 heavy (non-hydrogen) atoms. The van der Waals surface area contributed by atoms with E-state index in [2.05, 4.69) is 10.6 Å². The van der Waals surface area contributed by atoms with E-state index in [0.717, 1.165) is 31.2 Å². The van der Waals surface area contributed by atoms with E-state index in [0.29, 0.717) is 16.3 Å². The Balaban J connectivity index is 1.69. The average molecular weight is 494 g/mol. The van der Waals surface area contributed by atoms with Crippen molar-refractivity contribution in [2.75, 3.05) is 11.4 Å². The topological polar surface area (TPSA) is 91.7 Å². The molecule has 1 atom stereocenters. The lowest BCUT2D eigenvalue weighted by Gasteiger charge is -2.33. The molecule has 2 aromatic carbocycles. The van der Waals surface area contributed by atoms with Crippen LogP contribution in [0.15, 0.2) is 71.3 Å². The van der Waals surface area contributed by atoms with Crippen molar-refractivity contribution in [1.29, 1.82) is 0 Å². The van der Waals surface area contributed by atoms with E-state index in [1.165, 1.54) is 17.2 Å². The lowest BCUT2D eigenvalue weighted by molar-refractivity contribution is -0.126. The SMILES string of the molecule is Cc1ccccc1N(C(=O)CNC(=O)c1ccco1)C(C(=O)NC1CCCC1)c1ccc(Cl)cc1. The number of aryl methyl sites for hydroxylation is 1. The number of hydrogen-bond donors (Lipinski definition) is 2. The zero-order valence-corrected chi connectivity index (χ0v) is 20.3. The Labute approximate surface area is 209 Å². The molecule has 0 aliphatic heterocycles. The number of furan rings is 1. The fraction of sp³-hybridized carbons (Fsp3) is 0.296. The van der Waals surface area contributed by atoms with Gasteiger partial charge in [-0.3, -0.25) is 19.3 Å². The monoisotopic (exact) mass is 493 g/mol. The van der Waals surface area contributed by atoms with Crippen LogP contribution in [0, 0.1) is 6.92 Å². The number of nitrogens with zero attached hydrogens (tertiary/aromatic N) is 1. The molecule has 0 spiro atoms. The third-order valence-electron chi connectivity index (χ3n) is 6.18. The lowest BCUT2D eigenvalue weighted by Crippen LogP contribution is -2.49. The van der Waals surface area contributed by atoms with Gasteiger partial charge in [0.2, 0.25) is 11.8 Å². The lowest BCUT2D eigenvalue weighted by atomic mass is 10.0. The van der Waals surface area contributed by atoms with E-state index < -0.39 is 17.9 Å². The second-order valence-corrected chi connectivity index (χ2v) is 9.09. The minimum absolute atomic E-state index is 0.0739. The maximum atomic E-state index is 13.7. The molecule has 1 unspecified atom stereocenters. The van der Waals surface area contributed by atoms with Gasteiger partial charge in [0, 0.05) is 16.8 Å². The summed E-state index contributed by atoms with van der Waals surface area (Å²) in [6.45, 7) is 1.57. The van der Waals surface area contributed by atoms with Gasteiger partial charge >= 0.3 is 0 Å². The Kier molecular flexibility index (Phi) is 7.87. The summed E-state index contributed by atoms with van der Waals surface area (Å²) >= 11 is 6.11. The van der Waals surface area contributed by atoms with Crippen LogP contribution in [0.4, 0.5) is 5.69 Å².